The van der Waals surface area contributed by atoms with Crippen LogP contribution in [0.5, 0.6) is 0 Å². The predicted molar refractivity (Wildman–Crippen MR) is 80.4 cm³/mol. The molecule has 0 radical (unpaired) electrons. The molecule has 22 heavy (non-hydrogen) atoms. The van der Waals surface area contributed by atoms with E-state index in [1.54, 1.807) is 6.07 Å². The summed E-state index contributed by atoms with van der Waals surface area (Å²) < 4.78 is 0. The van der Waals surface area contributed by atoms with E-state index in [-0.39, 0.29) is 18.4 Å². The molecule has 3 rings (SSSR count). The van der Waals surface area contributed by atoms with Gasteiger partial charge in [-0.2, -0.15) is 5.10 Å². The number of aliphatic hydroxyl groups excluding tert-OH is 1. The van der Waals surface area contributed by atoms with Crippen LogP contribution < -0.4 is 5.32 Å². The first kappa shape index (κ1) is 14.6. The van der Waals surface area contributed by atoms with Crippen LogP contribution in [0.1, 0.15) is 35.8 Å². The number of nitrogens with zero attached hydrogens (tertiary/aromatic N) is 3. The van der Waals surface area contributed by atoms with Crippen LogP contribution in [0.15, 0.2) is 24.8 Å². The Kier molecular flexibility index (Phi) is 4.15. The zero-order chi connectivity index (χ0) is 15.5. The molecule has 3 N–H and O–H groups in total. The molecule has 0 amide bonds. The van der Waals surface area contributed by atoms with E-state index in [2.05, 4.69) is 32.4 Å². The molecule has 116 valence electrons. The number of H-pyrrole nitrogens is 1. The fourth-order valence-corrected chi connectivity index (χ4v) is 3.04. The van der Waals surface area contributed by atoms with Crippen molar-refractivity contribution >= 4 is 11.6 Å². The normalized spacial score (nSPS) is 24.4. The fourth-order valence-electron chi connectivity index (χ4n) is 3.04. The summed E-state index contributed by atoms with van der Waals surface area (Å²) in [7, 11) is 0. The maximum Gasteiger partial charge on any atom is 0.216 e. The molecule has 1 fully saturated rings. The Bertz CT molecular complexity index is 643. The number of carbonyl (C=O) groups is 1. The van der Waals surface area contributed by atoms with E-state index in [1.165, 1.54) is 18.7 Å². The molecule has 0 spiro atoms. The quantitative estimate of drug-likeness (QED) is 0.718. The Morgan fingerprint density at radius 1 is 1.50 bits per heavy atom. The average Bonchev–Trinajstić information content (AvgIpc) is 3.17. The van der Waals surface area contributed by atoms with E-state index in [9.17, 15) is 9.90 Å². The predicted octanol–water partition coefficient (Wildman–Crippen LogP) is 1.25. The van der Waals surface area contributed by atoms with E-state index < -0.39 is 0 Å². The lowest BCUT2D eigenvalue weighted by Gasteiger charge is -2.15. The molecule has 1 aliphatic rings. The van der Waals surface area contributed by atoms with E-state index in [0.29, 0.717) is 28.9 Å². The minimum absolute atomic E-state index is 0.189. The lowest BCUT2D eigenvalue weighted by molar-refractivity contribution is 0.103. The monoisotopic (exact) mass is 301 g/mol. The van der Waals surface area contributed by atoms with Gasteiger partial charge >= 0.3 is 0 Å². The second-order valence-electron chi connectivity index (χ2n) is 5.82. The summed E-state index contributed by atoms with van der Waals surface area (Å²) in [6.07, 6.45) is 6.30. The average molecular weight is 301 g/mol. The van der Waals surface area contributed by atoms with Gasteiger partial charge in [0.2, 0.25) is 5.78 Å². The molecule has 0 aliphatic heterocycles. The van der Waals surface area contributed by atoms with Crippen molar-refractivity contribution in [2.75, 3.05) is 11.9 Å². The Labute approximate surface area is 128 Å². The summed E-state index contributed by atoms with van der Waals surface area (Å²) >= 11 is 0. The van der Waals surface area contributed by atoms with Crippen LogP contribution in [-0.4, -0.2) is 43.7 Å². The van der Waals surface area contributed by atoms with Crippen molar-refractivity contribution in [2.24, 2.45) is 11.8 Å². The Morgan fingerprint density at radius 3 is 3.05 bits per heavy atom. The van der Waals surface area contributed by atoms with E-state index >= 15 is 0 Å². The van der Waals surface area contributed by atoms with Gasteiger partial charge in [-0.15, -0.1) is 0 Å². The molecule has 0 unspecified atom stereocenters. The van der Waals surface area contributed by atoms with Gasteiger partial charge in [-0.05, 0) is 30.7 Å². The SMILES string of the molecule is C[C@H]1C[C@H](Nc2ncncc2C(=O)c2ccn[nH]2)C[C@@H]1CO. The van der Waals surface area contributed by atoms with Crippen LogP contribution in [-0.2, 0) is 0 Å². The van der Waals surface area contributed by atoms with Crippen molar-refractivity contribution < 1.29 is 9.90 Å². The number of nitrogens with one attached hydrogen (secondary N) is 2. The van der Waals surface area contributed by atoms with Gasteiger partial charge in [-0.25, -0.2) is 9.97 Å². The summed E-state index contributed by atoms with van der Waals surface area (Å²) in [5.74, 6) is 1.10. The van der Waals surface area contributed by atoms with Crippen molar-refractivity contribution in [1.29, 1.82) is 0 Å². The largest absolute Gasteiger partial charge is 0.396 e. The number of hydrogen-bond donors (Lipinski definition) is 3. The van der Waals surface area contributed by atoms with Gasteiger partial charge in [-0.1, -0.05) is 6.92 Å². The highest BCUT2D eigenvalue weighted by Gasteiger charge is 2.31. The fraction of sp³-hybridized carbons (Fsp3) is 0.467. The van der Waals surface area contributed by atoms with Gasteiger partial charge < -0.3 is 10.4 Å². The van der Waals surface area contributed by atoms with E-state index in [0.717, 1.165) is 12.8 Å². The summed E-state index contributed by atoms with van der Waals surface area (Å²) in [5, 5.41) is 19.2. The van der Waals surface area contributed by atoms with Gasteiger partial charge in [0.15, 0.2) is 0 Å². The maximum absolute atomic E-state index is 12.5. The molecule has 3 atom stereocenters. The second-order valence-corrected chi connectivity index (χ2v) is 5.82. The van der Waals surface area contributed by atoms with E-state index in [4.69, 9.17) is 0 Å². The molecule has 1 aliphatic carbocycles. The highest BCUT2D eigenvalue weighted by molar-refractivity contribution is 6.10. The molecular weight excluding hydrogens is 282 g/mol. The minimum atomic E-state index is -0.189. The Hall–Kier alpha value is -2.28. The standard InChI is InChI=1S/C15H19N5O2/c1-9-4-11(5-10(9)7-21)19-15-12(6-16-8-17-15)14(22)13-2-3-18-20-13/h2-3,6,8-11,21H,4-5,7H2,1H3,(H,18,20)(H,16,17,19)/t9-,10+,11-/m0/s1. The number of carbonyl (C=O) groups excluding carboxylic acids is 1. The molecule has 2 aromatic rings. The lowest BCUT2D eigenvalue weighted by atomic mass is 10.00. The molecular formula is C15H19N5O2. The first-order chi connectivity index (χ1) is 10.7. The third kappa shape index (κ3) is 2.85. The smallest absolute Gasteiger partial charge is 0.216 e. The zero-order valence-electron chi connectivity index (χ0n) is 12.4. The number of hydrogen-bond acceptors (Lipinski definition) is 6. The number of rotatable bonds is 5. The third-order valence-electron chi connectivity index (χ3n) is 4.33. The number of aliphatic hydroxyl groups is 1. The third-order valence-corrected chi connectivity index (χ3v) is 4.33. The lowest BCUT2D eigenvalue weighted by Crippen LogP contribution is -2.20. The molecule has 7 nitrogen and oxygen atoms in total. The first-order valence-electron chi connectivity index (χ1n) is 7.40. The topological polar surface area (TPSA) is 104 Å². The van der Waals surface area contributed by atoms with Crippen LogP contribution in [0.3, 0.4) is 0 Å². The maximum atomic E-state index is 12.5. The van der Waals surface area contributed by atoms with Crippen molar-refractivity contribution in [3.63, 3.8) is 0 Å². The van der Waals surface area contributed by atoms with Crippen LogP contribution in [0.25, 0.3) is 0 Å². The molecule has 0 bridgehead atoms. The highest BCUT2D eigenvalue weighted by Crippen LogP contribution is 2.33. The second kappa shape index (κ2) is 6.23. The van der Waals surface area contributed by atoms with Crippen LogP contribution in [0.2, 0.25) is 0 Å². The van der Waals surface area contributed by atoms with Gasteiger partial charge in [0, 0.05) is 25.0 Å². The van der Waals surface area contributed by atoms with Crippen molar-refractivity contribution in [2.45, 2.75) is 25.8 Å². The minimum Gasteiger partial charge on any atom is -0.396 e. The Morgan fingerprint density at radius 2 is 2.36 bits per heavy atom. The summed E-state index contributed by atoms with van der Waals surface area (Å²) in [4.78, 5) is 20.6. The number of ketones is 1. The zero-order valence-corrected chi connectivity index (χ0v) is 12.4. The molecule has 0 saturated heterocycles. The summed E-state index contributed by atoms with van der Waals surface area (Å²) in [5.41, 5.74) is 0.831. The number of aromatic nitrogens is 4. The van der Waals surface area contributed by atoms with Crippen LogP contribution in [0.4, 0.5) is 5.82 Å². The van der Waals surface area contributed by atoms with Gasteiger partial charge in [0.05, 0.1) is 5.56 Å². The first-order valence-corrected chi connectivity index (χ1v) is 7.40. The van der Waals surface area contributed by atoms with Crippen molar-refractivity contribution in [1.82, 2.24) is 20.2 Å². The molecule has 1 saturated carbocycles. The molecule has 2 heterocycles. The Balaban J connectivity index is 1.79. The van der Waals surface area contributed by atoms with Crippen LogP contribution in [0, 0.1) is 11.8 Å². The summed E-state index contributed by atoms with van der Waals surface area (Å²) in [6.45, 7) is 2.34. The number of anilines is 1. The van der Waals surface area contributed by atoms with Crippen molar-refractivity contribution in [3.05, 3.63) is 36.0 Å². The summed E-state index contributed by atoms with van der Waals surface area (Å²) in [6, 6.07) is 1.83. The molecule has 7 heteroatoms. The molecule has 2 aromatic heterocycles. The van der Waals surface area contributed by atoms with E-state index in [1.807, 2.05) is 0 Å². The highest BCUT2D eigenvalue weighted by atomic mass is 16.3. The van der Waals surface area contributed by atoms with Gasteiger partial charge in [-0.3, -0.25) is 9.89 Å². The van der Waals surface area contributed by atoms with Crippen LogP contribution >= 0.6 is 0 Å². The molecule has 0 aromatic carbocycles. The van der Waals surface area contributed by atoms with Crippen molar-refractivity contribution in [3.8, 4) is 0 Å². The van der Waals surface area contributed by atoms with Gasteiger partial charge in [0.1, 0.15) is 17.8 Å². The number of aromatic amines is 1. The van der Waals surface area contributed by atoms with Gasteiger partial charge in [0.25, 0.3) is 0 Å².